The van der Waals surface area contributed by atoms with E-state index >= 15 is 0 Å². The van der Waals surface area contributed by atoms with Crippen LogP contribution in [0.15, 0.2) is 0 Å². The highest BCUT2D eigenvalue weighted by molar-refractivity contribution is 5.69. The summed E-state index contributed by atoms with van der Waals surface area (Å²) < 4.78 is 0. The second kappa shape index (κ2) is 7.70. The summed E-state index contributed by atoms with van der Waals surface area (Å²) in [6.45, 7) is 4.50. The minimum Gasteiger partial charge on any atom is -0.480 e. The first-order chi connectivity index (χ1) is 8.15. The van der Waals surface area contributed by atoms with E-state index in [2.05, 4.69) is 18.7 Å². The maximum absolute atomic E-state index is 11.0. The lowest BCUT2D eigenvalue weighted by Crippen LogP contribution is -2.44. The molecule has 0 aliphatic heterocycles. The molecule has 0 heterocycles. The largest absolute Gasteiger partial charge is 0.480 e. The van der Waals surface area contributed by atoms with Crippen molar-refractivity contribution < 1.29 is 9.90 Å². The van der Waals surface area contributed by atoms with Gasteiger partial charge in [0.25, 0.3) is 0 Å². The van der Waals surface area contributed by atoms with Crippen LogP contribution in [0.2, 0.25) is 0 Å². The molecule has 0 amide bonds. The average molecular weight is 241 g/mol. The molecule has 1 fully saturated rings. The highest BCUT2D eigenvalue weighted by Gasteiger charge is 2.24. The Bertz CT molecular complexity index is 222. The molecule has 1 N–H and O–H groups in total. The number of nitrogens with zero attached hydrogens (tertiary/aromatic N) is 1. The zero-order chi connectivity index (χ0) is 12.7. The molecule has 0 radical (unpaired) electrons. The molecule has 3 nitrogen and oxygen atoms in total. The Hall–Kier alpha value is -0.570. The smallest absolute Gasteiger partial charge is 0.317 e. The molecule has 0 aromatic carbocycles. The van der Waals surface area contributed by atoms with Gasteiger partial charge in [-0.05, 0) is 26.2 Å². The third-order valence-electron chi connectivity index (χ3n) is 4.02. The van der Waals surface area contributed by atoms with Crippen LogP contribution in [-0.2, 0) is 4.79 Å². The van der Waals surface area contributed by atoms with E-state index in [4.69, 9.17) is 5.11 Å². The van der Waals surface area contributed by atoms with Crippen molar-refractivity contribution in [3.05, 3.63) is 0 Å². The zero-order valence-corrected chi connectivity index (χ0v) is 11.3. The van der Waals surface area contributed by atoms with Crippen molar-refractivity contribution in [1.82, 2.24) is 4.90 Å². The maximum Gasteiger partial charge on any atom is 0.317 e. The second-order valence-electron chi connectivity index (χ2n) is 5.32. The Balaban J connectivity index is 2.61. The summed E-state index contributed by atoms with van der Waals surface area (Å²) in [5.74, 6) is -0.688. The van der Waals surface area contributed by atoms with Gasteiger partial charge in [-0.15, -0.1) is 0 Å². The Morgan fingerprint density at radius 1 is 1.24 bits per heavy atom. The third kappa shape index (κ3) is 5.07. The summed E-state index contributed by atoms with van der Waals surface area (Å²) in [5.41, 5.74) is 0. The minimum atomic E-state index is -0.688. The van der Waals surface area contributed by atoms with E-state index in [1.807, 2.05) is 0 Å². The molecule has 0 saturated heterocycles. The lowest BCUT2D eigenvalue weighted by molar-refractivity contribution is -0.139. The Morgan fingerprint density at radius 3 is 2.24 bits per heavy atom. The topological polar surface area (TPSA) is 40.5 Å². The molecule has 0 aromatic heterocycles. The monoisotopic (exact) mass is 241 g/mol. The van der Waals surface area contributed by atoms with Crippen LogP contribution in [0.5, 0.6) is 0 Å². The summed E-state index contributed by atoms with van der Waals surface area (Å²) in [6, 6.07) is 0.872. The van der Waals surface area contributed by atoms with E-state index < -0.39 is 5.97 Å². The molecule has 1 unspecified atom stereocenters. The van der Waals surface area contributed by atoms with Crippen LogP contribution in [0.3, 0.4) is 0 Å². The van der Waals surface area contributed by atoms with Crippen molar-refractivity contribution in [2.75, 3.05) is 6.54 Å². The molecule has 1 aliphatic rings. The predicted octanol–water partition coefficient (Wildman–Crippen LogP) is 3.28. The number of carboxylic acids is 1. The first kappa shape index (κ1) is 14.5. The molecule has 1 saturated carbocycles. The Kier molecular flexibility index (Phi) is 6.56. The van der Waals surface area contributed by atoms with Crippen LogP contribution in [0.1, 0.15) is 65.2 Å². The maximum atomic E-state index is 11.0. The molecule has 1 atom stereocenters. The van der Waals surface area contributed by atoms with Crippen LogP contribution in [0.4, 0.5) is 0 Å². The second-order valence-corrected chi connectivity index (χ2v) is 5.32. The number of hydrogen-bond acceptors (Lipinski definition) is 2. The van der Waals surface area contributed by atoms with E-state index in [0.717, 1.165) is 6.42 Å². The van der Waals surface area contributed by atoms with Crippen LogP contribution in [0, 0.1) is 0 Å². The van der Waals surface area contributed by atoms with Crippen LogP contribution < -0.4 is 0 Å². The van der Waals surface area contributed by atoms with Crippen LogP contribution in [-0.4, -0.2) is 34.6 Å². The van der Waals surface area contributed by atoms with Gasteiger partial charge in [-0.3, -0.25) is 9.69 Å². The number of rotatable bonds is 5. The summed E-state index contributed by atoms with van der Waals surface area (Å²) in [4.78, 5) is 13.2. The number of hydrogen-bond donors (Lipinski definition) is 1. The first-order valence-corrected chi connectivity index (χ1v) is 7.12. The predicted molar refractivity (Wildman–Crippen MR) is 70.2 cm³/mol. The molecule has 0 spiro atoms. The highest BCUT2D eigenvalue weighted by atomic mass is 16.4. The van der Waals surface area contributed by atoms with Gasteiger partial charge in [0, 0.05) is 12.1 Å². The van der Waals surface area contributed by atoms with E-state index in [1.165, 1.54) is 44.9 Å². The minimum absolute atomic E-state index is 0.208. The van der Waals surface area contributed by atoms with Crippen molar-refractivity contribution >= 4 is 5.97 Å². The fourth-order valence-corrected chi connectivity index (χ4v) is 2.80. The van der Waals surface area contributed by atoms with Crippen LogP contribution in [0.25, 0.3) is 0 Å². The number of carboxylic acid groups (broad SMARTS) is 1. The normalized spacial score (nSPS) is 20.9. The fourth-order valence-electron chi connectivity index (χ4n) is 2.80. The quantitative estimate of drug-likeness (QED) is 0.803. The molecule has 3 heteroatoms. The molecule has 17 heavy (non-hydrogen) atoms. The standard InChI is InChI=1S/C14H27NO2/c1-3-12(2)15(11-14(16)17)13-9-7-5-4-6-8-10-13/h12-13H,3-11H2,1-2H3,(H,16,17). The van der Waals surface area contributed by atoms with Gasteiger partial charge in [-0.25, -0.2) is 0 Å². The lowest BCUT2D eigenvalue weighted by atomic mass is 9.94. The zero-order valence-electron chi connectivity index (χ0n) is 11.3. The molecular formula is C14H27NO2. The first-order valence-electron chi connectivity index (χ1n) is 7.12. The van der Waals surface area contributed by atoms with E-state index in [1.54, 1.807) is 0 Å². The van der Waals surface area contributed by atoms with Crippen molar-refractivity contribution in [1.29, 1.82) is 0 Å². The lowest BCUT2D eigenvalue weighted by Gasteiger charge is -2.36. The summed E-state index contributed by atoms with van der Waals surface area (Å²) in [7, 11) is 0. The molecule has 0 aromatic rings. The number of aliphatic carboxylic acids is 1. The van der Waals surface area contributed by atoms with Gasteiger partial charge >= 0.3 is 5.97 Å². The van der Waals surface area contributed by atoms with Gasteiger partial charge < -0.3 is 5.11 Å². The van der Waals surface area contributed by atoms with Crippen molar-refractivity contribution in [2.45, 2.75) is 77.3 Å². The van der Waals surface area contributed by atoms with Crippen molar-refractivity contribution in [3.63, 3.8) is 0 Å². The van der Waals surface area contributed by atoms with Crippen molar-refractivity contribution in [2.24, 2.45) is 0 Å². The molecule has 1 rings (SSSR count). The summed E-state index contributed by atoms with van der Waals surface area (Å²) in [5, 5.41) is 9.04. The van der Waals surface area contributed by atoms with E-state index in [-0.39, 0.29) is 6.54 Å². The molecular weight excluding hydrogens is 214 g/mol. The van der Waals surface area contributed by atoms with Gasteiger partial charge in [0.2, 0.25) is 0 Å². The van der Waals surface area contributed by atoms with Gasteiger partial charge in [0.15, 0.2) is 0 Å². The van der Waals surface area contributed by atoms with Gasteiger partial charge in [-0.1, -0.05) is 39.0 Å². The molecule has 100 valence electrons. The highest BCUT2D eigenvalue weighted by Crippen LogP contribution is 2.23. The average Bonchev–Trinajstić information content (AvgIpc) is 2.25. The van der Waals surface area contributed by atoms with Gasteiger partial charge in [-0.2, -0.15) is 0 Å². The molecule has 0 bridgehead atoms. The summed E-state index contributed by atoms with van der Waals surface area (Å²) in [6.07, 6.45) is 9.90. The third-order valence-corrected chi connectivity index (χ3v) is 4.02. The molecule has 1 aliphatic carbocycles. The van der Waals surface area contributed by atoms with E-state index in [9.17, 15) is 4.79 Å². The van der Waals surface area contributed by atoms with Crippen LogP contribution >= 0.6 is 0 Å². The fraction of sp³-hybridized carbons (Fsp3) is 0.929. The Morgan fingerprint density at radius 2 is 1.76 bits per heavy atom. The Labute approximate surface area is 105 Å². The summed E-state index contributed by atoms with van der Waals surface area (Å²) >= 11 is 0. The van der Waals surface area contributed by atoms with Gasteiger partial charge in [0.1, 0.15) is 0 Å². The SMILES string of the molecule is CCC(C)N(CC(=O)O)C1CCCCCCC1. The van der Waals surface area contributed by atoms with E-state index in [0.29, 0.717) is 12.1 Å². The van der Waals surface area contributed by atoms with Gasteiger partial charge in [0.05, 0.1) is 6.54 Å². The van der Waals surface area contributed by atoms with Crippen molar-refractivity contribution in [3.8, 4) is 0 Å². The number of carbonyl (C=O) groups is 1.